The molecule has 0 aliphatic rings. The predicted octanol–water partition coefficient (Wildman–Crippen LogP) is 5.08. The Hall–Kier alpha value is -1.47. The zero-order chi connectivity index (χ0) is 13.7. The number of nitrogens with one attached hydrogen (secondary N) is 1. The van der Waals surface area contributed by atoms with Crippen molar-refractivity contribution in [2.75, 3.05) is 5.32 Å². The molecular formula is C17H20ClN. The van der Waals surface area contributed by atoms with Crippen LogP contribution in [0.5, 0.6) is 0 Å². The van der Waals surface area contributed by atoms with Crippen LogP contribution in [0.15, 0.2) is 48.5 Å². The second kappa shape index (κ2) is 6.63. The van der Waals surface area contributed by atoms with Gasteiger partial charge in [0.1, 0.15) is 0 Å². The predicted molar refractivity (Wildman–Crippen MR) is 84.0 cm³/mol. The largest absolute Gasteiger partial charge is 0.381 e. The van der Waals surface area contributed by atoms with E-state index in [1.165, 1.54) is 11.1 Å². The first-order chi connectivity index (χ1) is 9.15. The molecule has 1 N–H and O–H groups in total. The number of para-hydroxylation sites is 1. The van der Waals surface area contributed by atoms with E-state index in [-0.39, 0.29) is 0 Å². The molecule has 0 bridgehead atoms. The molecule has 1 nitrogen and oxygen atoms in total. The van der Waals surface area contributed by atoms with Gasteiger partial charge in [-0.3, -0.25) is 0 Å². The fraction of sp³-hybridized carbons (Fsp3) is 0.294. The Balaban J connectivity index is 1.88. The highest BCUT2D eigenvalue weighted by Gasteiger charge is 2.05. The molecule has 1 atom stereocenters. The van der Waals surface area contributed by atoms with Crippen molar-refractivity contribution in [2.45, 2.75) is 32.7 Å². The number of benzene rings is 2. The zero-order valence-corrected chi connectivity index (χ0v) is 12.2. The molecule has 2 heteroatoms. The number of hydrogen-bond acceptors (Lipinski definition) is 1. The summed E-state index contributed by atoms with van der Waals surface area (Å²) in [5.74, 6) is 0. The van der Waals surface area contributed by atoms with Gasteiger partial charge in [-0.2, -0.15) is 0 Å². The minimum atomic E-state index is 0.403. The number of hydrogen-bond donors (Lipinski definition) is 1. The number of halogens is 1. The lowest BCUT2D eigenvalue weighted by Gasteiger charge is -2.16. The van der Waals surface area contributed by atoms with Gasteiger partial charge in [0.25, 0.3) is 0 Å². The summed E-state index contributed by atoms with van der Waals surface area (Å²) in [6.45, 7) is 4.33. The Morgan fingerprint density at radius 2 is 1.89 bits per heavy atom. The SMILES string of the molecule is Cc1cccc(CCC(C)Nc2ccccc2Cl)c1. The summed E-state index contributed by atoms with van der Waals surface area (Å²) in [6, 6.07) is 17.0. The van der Waals surface area contributed by atoms with Crippen LogP contribution in [0.25, 0.3) is 0 Å². The number of aryl methyl sites for hydroxylation is 2. The van der Waals surface area contributed by atoms with Crippen molar-refractivity contribution in [3.63, 3.8) is 0 Å². The Labute approximate surface area is 120 Å². The molecule has 2 aromatic carbocycles. The van der Waals surface area contributed by atoms with Crippen LogP contribution >= 0.6 is 11.6 Å². The number of rotatable bonds is 5. The first kappa shape index (κ1) is 14.0. The Kier molecular flexibility index (Phi) is 4.86. The molecule has 0 aromatic heterocycles. The molecule has 0 amide bonds. The highest BCUT2D eigenvalue weighted by Crippen LogP contribution is 2.22. The lowest BCUT2D eigenvalue weighted by Crippen LogP contribution is -2.16. The van der Waals surface area contributed by atoms with Crippen molar-refractivity contribution in [1.82, 2.24) is 0 Å². The molecule has 0 fully saturated rings. The summed E-state index contributed by atoms with van der Waals surface area (Å²) in [7, 11) is 0. The summed E-state index contributed by atoms with van der Waals surface area (Å²) >= 11 is 6.14. The first-order valence-electron chi connectivity index (χ1n) is 6.72. The van der Waals surface area contributed by atoms with E-state index in [9.17, 15) is 0 Å². The Morgan fingerprint density at radius 1 is 1.11 bits per heavy atom. The van der Waals surface area contributed by atoms with Crippen molar-refractivity contribution in [2.24, 2.45) is 0 Å². The molecule has 19 heavy (non-hydrogen) atoms. The molecule has 100 valence electrons. The van der Waals surface area contributed by atoms with Gasteiger partial charge in [-0.05, 0) is 44.4 Å². The standard InChI is InChI=1S/C17H20ClN/c1-13-6-5-7-15(12-13)11-10-14(2)19-17-9-4-3-8-16(17)18/h3-9,12,14,19H,10-11H2,1-2H3. The minimum Gasteiger partial charge on any atom is -0.381 e. The summed E-state index contributed by atoms with van der Waals surface area (Å²) in [5, 5.41) is 4.25. The lowest BCUT2D eigenvalue weighted by molar-refractivity contribution is 0.706. The quantitative estimate of drug-likeness (QED) is 0.801. The van der Waals surface area contributed by atoms with Gasteiger partial charge in [0, 0.05) is 6.04 Å². The van der Waals surface area contributed by atoms with Crippen LogP contribution in [0.4, 0.5) is 5.69 Å². The zero-order valence-electron chi connectivity index (χ0n) is 11.5. The molecule has 0 saturated heterocycles. The maximum atomic E-state index is 6.14. The molecular weight excluding hydrogens is 254 g/mol. The van der Waals surface area contributed by atoms with Crippen LogP contribution in [0.1, 0.15) is 24.5 Å². The smallest absolute Gasteiger partial charge is 0.0637 e. The monoisotopic (exact) mass is 273 g/mol. The van der Waals surface area contributed by atoms with Gasteiger partial charge in [0.05, 0.1) is 10.7 Å². The second-order valence-corrected chi connectivity index (χ2v) is 5.46. The van der Waals surface area contributed by atoms with Gasteiger partial charge in [-0.15, -0.1) is 0 Å². The van der Waals surface area contributed by atoms with Crippen LogP contribution < -0.4 is 5.32 Å². The van der Waals surface area contributed by atoms with E-state index in [0.717, 1.165) is 23.6 Å². The third kappa shape index (κ3) is 4.29. The highest BCUT2D eigenvalue weighted by molar-refractivity contribution is 6.33. The van der Waals surface area contributed by atoms with Gasteiger partial charge in [-0.1, -0.05) is 53.6 Å². The fourth-order valence-electron chi connectivity index (χ4n) is 2.17. The average Bonchev–Trinajstić information content (AvgIpc) is 2.39. The normalized spacial score (nSPS) is 12.2. The maximum Gasteiger partial charge on any atom is 0.0637 e. The van der Waals surface area contributed by atoms with Crippen molar-refractivity contribution in [3.8, 4) is 0 Å². The maximum absolute atomic E-state index is 6.14. The summed E-state index contributed by atoms with van der Waals surface area (Å²) < 4.78 is 0. The molecule has 1 unspecified atom stereocenters. The highest BCUT2D eigenvalue weighted by atomic mass is 35.5. The summed E-state index contributed by atoms with van der Waals surface area (Å²) in [6.07, 6.45) is 2.18. The van der Waals surface area contributed by atoms with E-state index in [2.05, 4.69) is 43.4 Å². The third-order valence-electron chi connectivity index (χ3n) is 3.22. The Morgan fingerprint density at radius 3 is 2.63 bits per heavy atom. The Bertz CT molecular complexity index is 536. The van der Waals surface area contributed by atoms with Crippen LogP contribution in [0.2, 0.25) is 5.02 Å². The van der Waals surface area contributed by atoms with E-state index in [1.807, 2.05) is 24.3 Å². The van der Waals surface area contributed by atoms with Crippen LogP contribution in [-0.2, 0) is 6.42 Å². The van der Waals surface area contributed by atoms with Crippen LogP contribution in [0.3, 0.4) is 0 Å². The van der Waals surface area contributed by atoms with Gasteiger partial charge < -0.3 is 5.32 Å². The van der Waals surface area contributed by atoms with Crippen molar-refractivity contribution < 1.29 is 0 Å². The molecule has 0 saturated carbocycles. The van der Waals surface area contributed by atoms with Crippen LogP contribution in [0, 0.1) is 6.92 Å². The van der Waals surface area contributed by atoms with Gasteiger partial charge in [0.2, 0.25) is 0 Å². The average molecular weight is 274 g/mol. The fourth-order valence-corrected chi connectivity index (χ4v) is 2.36. The minimum absolute atomic E-state index is 0.403. The summed E-state index contributed by atoms with van der Waals surface area (Å²) in [5.41, 5.74) is 3.73. The summed E-state index contributed by atoms with van der Waals surface area (Å²) in [4.78, 5) is 0. The molecule has 0 aliphatic carbocycles. The molecule has 0 spiro atoms. The molecule has 2 aromatic rings. The third-order valence-corrected chi connectivity index (χ3v) is 3.55. The van der Waals surface area contributed by atoms with Gasteiger partial charge >= 0.3 is 0 Å². The molecule has 2 rings (SSSR count). The van der Waals surface area contributed by atoms with E-state index in [0.29, 0.717) is 6.04 Å². The van der Waals surface area contributed by atoms with Crippen molar-refractivity contribution >= 4 is 17.3 Å². The van der Waals surface area contributed by atoms with Gasteiger partial charge in [0.15, 0.2) is 0 Å². The first-order valence-corrected chi connectivity index (χ1v) is 7.09. The van der Waals surface area contributed by atoms with E-state index in [1.54, 1.807) is 0 Å². The van der Waals surface area contributed by atoms with E-state index >= 15 is 0 Å². The van der Waals surface area contributed by atoms with E-state index in [4.69, 9.17) is 11.6 Å². The van der Waals surface area contributed by atoms with Crippen molar-refractivity contribution in [3.05, 3.63) is 64.7 Å². The topological polar surface area (TPSA) is 12.0 Å². The second-order valence-electron chi connectivity index (χ2n) is 5.05. The van der Waals surface area contributed by atoms with E-state index < -0.39 is 0 Å². The van der Waals surface area contributed by atoms with Crippen LogP contribution in [-0.4, -0.2) is 6.04 Å². The molecule has 0 aliphatic heterocycles. The number of anilines is 1. The van der Waals surface area contributed by atoms with Crippen molar-refractivity contribution in [1.29, 1.82) is 0 Å². The molecule has 0 heterocycles. The lowest BCUT2D eigenvalue weighted by atomic mass is 10.0. The molecule has 0 radical (unpaired) electrons. The van der Waals surface area contributed by atoms with Gasteiger partial charge in [-0.25, -0.2) is 0 Å².